The number of rotatable bonds is 15. The van der Waals surface area contributed by atoms with Gasteiger partial charge in [0.2, 0.25) is 0 Å². The Morgan fingerprint density at radius 1 is 1.24 bits per heavy atom. The molecule has 1 fully saturated rings. The number of para-hydroxylation sites is 1. The topological polar surface area (TPSA) is 97.0 Å². The summed E-state index contributed by atoms with van der Waals surface area (Å²) in [5.74, 6) is 0.963. The minimum Gasteiger partial charge on any atom is -0.493 e. The van der Waals surface area contributed by atoms with Crippen molar-refractivity contribution in [2.75, 3.05) is 40.0 Å². The zero-order valence-corrected chi connectivity index (χ0v) is 21.7. The number of β-amino-alcohol motifs (C(OH)–C–C–N with tert-alkyl or cyclic N) is 1. The highest BCUT2D eigenvalue weighted by Gasteiger charge is 2.27. The number of carbonyl (C=O) groups is 1. The van der Waals surface area contributed by atoms with E-state index in [1.165, 1.54) is 19.3 Å². The van der Waals surface area contributed by atoms with Gasteiger partial charge in [-0.2, -0.15) is 0 Å². The van der Waals surface area contributed by atoms with Gasteiger partial charge in [0, 0.05) is 38.9 Å². The first-order valence-corrected chi connectivity index (χ1v) is 13.0. The summed E-state index contributed by atoms with van der Waals surface area (Å²) >= 11 is 0. The van der Waals surface area contributed by atoms with Crippen LogP contribution in [0.2, 0.25) is 0 Å². The molecule has 1 aromatic rings. The van der Waals surface area contributed by atoms with E-state index >= 15 is 0 Å². The van der Waals surface area contributed by atoms with Crippen molar-refractivity contribution in [3.63, 3.8) is 0 Å². The summed E-state index contributed by atoms with van der Waals surface area (Å²) in [6.45, 7) is 9.92. The van der Waals surface area contributed by atoms with E-state index in [9.17, 15) is 9.90 Å². The van der Waals surface area contributed by atoms with Crippen molar-refractivity contribution in [1.82, 2.24) is 10.2 Å². The van der Waals surface area contributed by atoms with E-state index in [2.05, 4.69) is 31.0 Å². The lowest BCUT2D eigenvalue weighted by Gasteiger charge is -2.36. The Morgan fingerprint density at radius 3 is 2.68 bits per heavy atom. The number of amides is 1. The van der Waals surface area contributed by atoms with Crippen LogP contribution in [0, 0.1) is 11.8 Å². The van der Waals surface area contributed by atoms with E-state index in [0.29, 0.717) is 56.0 Å². The number of nitrogens with zero attached hydrogens (tertiary/aromatic N) is 1. The van der Waals surface area contributed by atoms with Crippen molar-refractivity contribution in [3.05, 3.63) is 29.8 Å². The molecular formula is C27H47N3O4. The molecule has 2 rings (SSSR count). The number of methoxy groups -OCH3 is 1. The van der Waals surface area contributed by atoms with E-state index in [1.807, 2.05) is 18.2 Å². The first-order valence-electron chi connectivity index (χ1n) is 13.0. The Bertz CT molecular complexity index is 715. The van der Waals surface area contributed by atoms with Crippen LogP contribution in [0.25, 0.3) is 0 Å². The molecule has 4 atom stereocenters. The molecule has 34 heavy (non-hydrogen) atoms. The lowest BCUT2D eigenvalue weighted by atomic mass is 9.87. The van der Waals surface area contributed by atoms with Crippen molar-refractivity contribution in [2.45, 2.75) is 77.5 Å². The molecule has 194 valence electrons. The Hall–Kier alpha value is -1.67. The summed E-state index contributed by atoms with van der Waals surface area (Å²) in [6, 6.07) is 7.53. The summed E-state index contributed by atoms with van der Waals surface area (Å²) in [7, 11) is 1.69. The monoisotopic (exact) mass is 477 g/mol. The average Bonchev–Trinajstić information content (AvgIpc) is 2.82. The number of unbranched alkanes of at least 4 members (excludes halogenated alkanes) is 1. The van der Waals surface area contributed by atoms with Gasteiger partial charge >= 0.3 is 0 Å². The average molecular weight is 478 g/mol. The van der Waals surface area contributed by atoms with E-state index in [4.69, 9.17) is 15.2 Å². The minimum atomic E-state index is -0.565. The quantitative estimate of drug-likeness (QED) is 0.335. The van der Waals surface area contributed by atoms with Crippen molar-refractivity contribution in [1.29, 1.82) is 0 Å². The van der Waals surface area contributed by atoms with E-state index in [-0.39, 0.29) is 17.9 Å². The molecule has 1 aromatic carbocycles. The van der Waals surface area contributed by atoms with Crippen molar-refractivity contribution in [2.24, 2.45) is 17.6 Å². The lowest BCUT2D eigenvalue weighted by molar-refractivity contribution is 0.0514. The van der Waals surface area contributed by atoms with Crippen LogP contribution in [0.15, 0.2) is 24.3 Å². The predicted octanol–water partition coefficient (Wildman–Crippen LogP) is 3.45. The Balaban J connectivity index is 1.87. The summed E-state index contributed by atoms with van der Waals surface area (Å²) in [5, 5.41) is 13.8. The van der Waals surface area contributed by atoms with Crippen LogP contribution in [0.3, 0.4) is 0 Å². The molecule has 4 N–H and O–H groups in total. The van der Waals surface area contributed by atoms with Gasteiger partial charge in [0.1, 0.15) is 5.75 Å². The Labute approximate surface area is 206 Å². The predicted molar refractivity (Wildman–Crippen MR) is 137 cm³/mol. The highest BCUT2D eigenvalue weighted by atomic mass is 16.5. The van der Waals surface area contributed by atoms with Crippen molar-refractivity contribution >= 4 is 5.91 Å². The molecule has 7 nitrogen and oxygen atoms in total. The van der Waals surface area contributed by atoms with Crippen molar-refractivity contribution in [3.8, 4) is 5.75 Å². The number of ether oxygens (including phenoxy) is 2. The molecule has 0 bridgehead atoms. The number of carbonyl (C=O) groups excluding carboxylic acids is 1. The molecule has 1 amide bonds. The van der Waals surface area contributed by atoms with Gasteiger partial charge in [-0.1, -0.05) is 32.4 Å². The SMILES string of the molecule is COCCCCOc1ccccc1C(=O)NCC(CC(N)C(O)CN1CCCCC1C)C(C)C. The number of likely N-dealkylation sites (tertiary alicyclic amines) is 1. The van der Waals surface area contributed by atoms with Crippen LogP contribution in [-0.4, -0.2) is 74.1 Å². The molecule has 0 aromatic heterocycles. The van der Waals surface area contributed by atoms with E-state index in [1.54, 1.807) is 13.2 Å². The van der Waals surface area contributed by atoms with Gasteiger partial charge in [-0.15, -0.1) is 0 Å². The fourth-order valence-electron chi connectivity index (χ4n) is 4.53. The molecule has 1 aliphatic heterocycles. The van der Waals surface area contributed by atoms with Gasteiger partial charge in [0.05, 0.1) is 18.3 Å². The maximum Gasteiger partial charge on any atom is 0.255 e. The number of hydrogen-bond donors (Lipinski definition) is 3. The normalized spacial score (nSPS) is 19.6. The highest BCUT2D eigenvalue weighted by Crippen LogP contribution is 2.22. The highest BCUT2D eigenvalue weighted by molar-refractivity contribution is 5.96. The summed E-state index contributed by atoms with van der Waals surface area (Å²) in [6.07, 6.45) is 5.52. The van der Waals surface area contributed by atoms with E-state index < -0.39 is 6.10 Å². The lowest BCUT2D eigenvalue weighted by Crippen LogP contribution is -2.49. The number of hydrogen-bond acceptors (Lipinski definition) is 6. The van der Waals surface area contributed by atoms with E-state index in [0.717, 1.165) is 19.4 Å². The third-order valence-electron chi connectivity index (χ3n) is 7.03. The molecule has 1 aliphatic rings. The number of benzene rings is 1. The van der Waals surface area contributed by atoms with Crippen LogP contribution >= 0.6 is 0 Å². The summed E-state index contributed by atoms with van der Waals surface area (Å²) < 4.78 is 10.9. The summed E-state index contributed by atoms with van der Waals surface area (Å²) in [5.41, 5.74) is 6.97. The molecule has 7 heteroatoms. The van der Waals surface area contributed by atoms with Crippen molar-refractivity contribution < 1.29 is 19.4 Å². The first-order chi connectivity index (χ1) is 16.3. The minimum absolute atomic E-state index is 0.144. The fraction of sp³-hybridized carbons (Fsp3) is 0.741. The molecule has 1 heterocycles. The zero-order valence-electron chi connectivity index (χ0n) is 21.7. The fourth-order valence-corrected chi connectivity index (χ4v) is 4.53. The largest absolute Gasteiger partial charge is 0.493 e. The smallest absolute Gasteiger partial charge is 0.255 e. The molecule has 0 radical (unpaired) electrons. The summed E-state index contributed by atoms with van der Waals surface area (Å²) in [4.78, 5) is 15.3. The number of nitrogens with two attached hydrogens (primary N) is 1. The third kappa shape index (κ3) is 9.53. The van der Waals surface area contributed by atoms with Crippen LogP contribution in [-0.2, 0) is 4.74 Å². The van der Waals surface area contributed by atoms with Gasteiger partial charge in [-0.05, 0) is 69.5 Å². The second kappa shape index (κ2) is 15.4. The van der Waals surface area contributed by atoms with Crippen LogP contribution in [0.4, 0.5) is 0 Å². The van der Waals surface area contributed by atoms with Gasteiger partial charge < -0.3 is 25.6 Å². The second-order valence-electron chi connectivity index (χ2n) is 10.1. The van der Waals surface area contributed by atoms with Crippen LogP contribution in [0.1, 0.15) is 69.7 Å². The van der Waals surface area contributed by atoms with Crippen LogP contribution < -0.4 is 15.8 Å². The molecular weight excluding hydrogens is 430 g/mol. The Morgan fingerprint density at radius 2 is 1.97 bits per heavy atom. The molecule has 0 saturated carbocycles. The maximum atomic E-state index is 12.9. The Kier molecular flexibility index (Phi) is 12.9. The number of piperidine rings is 1. The molecule has 0 spiro atoms. The maximum absolute atomic E-state index is 12.9. The number of aliphatic hydroxyl groups is 1. The zero-order chi connectivity index (χ0) is 24.9. The molecule has 4 unspecified atom stereocenters. The second-order valence-corrected chi connectivity index (χ2v) is 10.1. The van der Waals surface area contributed by atoms with Gasteiger partial charge in [-0.25, -0.2) is 0 Å². The third-order valence-corrected chi connectivity index (χ3v) is 7.03. The van der Waals surface area contributed by atoms with Gasteiger partial charge in [-0.3, -0.25) is 9.69 Å². The number of aliphatic hydroxyl groups excluding tert-OH is 1. The first kappa shape index (κ1) is 28.6. The van der Waals surface area contributed by atoms with Gasteiger partial charge in [0.15, 0.2) is 0 Å². The number of nitrogens with one attached hydrogen (secondary N) is 1. The van der Waals surface area contributed by atoms with Crippen LogP contribution in [0.5, 0.6) is 5.75 Å². The van der Waals surface area contributed by atoms with Gasteiger partial charge in [0.25, 0.3) is 5.91 Å². The standard InChI is InChI=1S/C27H47N3O4/c1-20(2)22(17-24(28)25(31)19-30-14-8-7-11-21(30)3)18-29-27(32)23-12-5-6-13-26(23)34-16-10-9-15-33-4/h5-6,12-13,20-22,24-25,31H,7-11,14-19,28H2,1-4H3,(H,29,32). The molecule has 1 saturated heterocycles. The molecule has 0 aliphatic carbocycles.